The van der Waals surface area contributed by atoms with Crippen molar-refractivity contribution in [3.63, 3.8) is 0 Å². The van der Waals surface area contributed by atoms with E-state index in [4.69, 9.17) is 5.73 Å². The molecular formula is C13H15F2N3. The van der Waals surface area contributed by atoms with Gasteiger partial charge in [-0.05, 0) is 37.2 Å². The topological polar surface area (TPSA) is 43.8 Å². The zero-order valence-electron chi connectivity index (χ0n) is 10.4. The Kier molecular flexibility index (Phi) is 3.43. The molecule has 0 unspecified atom stereocenters. The van der Waals surface area contributed by atoms with Crippen LogP contribution in [0.25, 0.3) is 11.3 Å². The first kappa shape index (κ1) is 12.7. The summed E-state index contributed by atoms with van der Waals surface area (Å²) >= 11 is 0. The molecule has 3 nitrogen and oxygen atoms in total. The van der Waals surface area contributed by atoms with Crippen molar-refractivity contribution in [2.75, 3.05) is 6.54 Å². The van der Waals surface area contributed by atoms with Crippen LogP contribution in [0.2, 0.25) is 0 Å². The highest BCUT2D eigenvalue weighted by Gasteiger charge is 2.16. The van der Waals surface area contributed by atoms with Crippen LogP contribution in [-0.4, -0.2) is 16.3 Å². The molecule has 0 aliphatic carbocycles. The van der Waals surface area contributed by atoms with Crippen molar-refractivity contribution in [2.45, 2.75) is 13.3 Å². The lowest BCUT2D eigenvalue weighted by Gasteiger charge is -2.02. The summed E-state index contributed by atoms with van der Waals surface area (Å²) in [5.41, 5.74) is 7.96. The number of aromatic nitrogens is 2. The Morgan fingerprint density at radius 3 is 2.72 bits per heavy atom. The fourth-order valence-corrected chi connectivity index (χ4v) is 2.09. The minimum absolute atomic E-state index is 0.186. The second-order valence-electron chi connectivity index (χ2n) is 4.21. The molecule has 1 aromatic heterocycles. The SMILES string of the molecule is Cc1c(-c2cc(F)ccc2F)nn(C)c1CCN. The van der Waals surface area contributed by atoms with Gasteiger partial charge in [-0.15, -0.1) is 0 Å². The average molecular weight is 251 g/mol. The van der Waals surface area contributed by atoms with Gasteiger partial charge in [-0.3, -0.25) is 4.68 Å². The van der Waals surface area contributed by atoms with E-state index >= 15 is 0 Å². The Morgan fingerprint density at radius 1 is 1.33 bits per heavy atom. The highest BCUT2D eigenvalue weighted by molar-refractivity contribution is 5.64. The van der Waals surface area contributed by atoms with Crippen LogP contribution in [0.15, 0.2) is 18.2 Å². The second-order valence-corrected chi connectivity index (χ2v) is 4.21. The first-order chi connectivity index (χ1) is 8.54. The fourth-order valence-electron chi connectivity index (χ4n) is 2.09. The van der Waals surface area contributed by atoms with Gasteiger partial charge in [0, 0.05) is 24.7 Å². The van der Waals surface area contributed by atoms with Crippen LogP contribution in [-0.2, 0) is 13.5 Å². The average Bonchev–Trinajstić information content (AvgIpc) is 2.61. The van der Waals surface area contributed by atoms with Crippen molar-refractivity contribution in [1.29, 1.82) is 0 Å². The van der Waals surface area contributed by atoms with E-state index in [0.717, 1.165) is 29.5 Å². The van der Waals surface area contributed by atoms with Gasteiger partial charge in [-0.1, -0.05) is 0 Å². The molecule has 0 radical (unpaired) electrons. The summed E-state index contributed by atoms with van der Waals surface area (Å²) in [4.78, 5) is 0. The predicted octanol–water partition coefficient (Wildman–Crippen LogP) is 2.17. The summed E-state index contributed by atoms with van der Waals surface area (Å²) < 4.78 is 28.6. The van der Waals surface area contributed by atoms with Crippen LogP contribution < -0.4 is 5.73 Å². The monoisotopic (exact) mass is 251 g/mol. The van der Waals surface area contributed by atoms with Crippen molar-refractivity contribution >= 4 is 0 Å². The van der Waals surface area contributed by atoms with Crippen LogP contribution >= 0.6 is 0 Å². The molecule has 2 rings (SSSR count). The van der Waals surface area contributed by atoms with Crippen LogP contribution in [0.1, 0.15) is 11.3 Å². The Hall–Kier alpha value is -1.75. The predicted molar refractivity (Wildman–Crippen MR) is 66.1 cm³/mol. The molecule has 0 spiro atoms. The number of nitrogens with two attached hydrogens (primary N) is 1. The van der Waals surface area contributed by atoms with E-state index in [1.54, 1.807) is 11.7 Å². The van der Waals surface area contributed by atoms with Gasteiger partial charge in [0.2, 0.25) is 0 Å². The number of aryl methyl sites for hydroxylation is 1. The van der Waals surface area contributed by atoms with Crippen molar-refractivity contribution in [3.05, 3.63) is 41.1 Å². The van der Waals surface area contributed by atoms with E-state index in [1.165, 1.54) is 0 Å². The quantitative estimate of drug-likeness (QED) is 0.908. The number of rotatable bonds is 3. The number of nitrogens with zero attached hydrogens (tertiary/aromatic N) is 2. The van der Waals surface area contributed by atoms with Gasteiger partial charge >= 0.3 is 0 Å². The fraction of sp³-hybridized carbons (Fsp3) is 0.308. The standard InChI is InChI=1S/C13H15F2N3/c1-8-12(5-6-16)18(2)17-13(8)10-7-9(14)3-4-11(10)15/h3-4,7H,5-6,16H2,1-2H3. The van der Waals surface area contributed by atoms with Gasteiger partial charge in [-0.25, -0.2) is 8.78 Å². The minimum atomic E-state index is -0.475. The summed E-state index contributed by atoms with van der Waals surface area (Å²) in [5, 5.41) is 4.26. The molecule has 0 bridgehead atoms. The number of hydrogen-bond donors (Lipinski definition) is 1. The molecule has 0 aliphatic rings. The number of hydrogen-bond acceptors (Lipinski definition) is 2. The first-order valence-corrected chi connectivity index (χ1v) is 5.72. The van der Waals surface area contributed by atoms with Gasteiger partial charge < -0.3 is 5.73 Å². The molecule has 0 saturated carbocycles. The molecule has 0 atom stereocenters. The van der Waals surface area contributed by atoms with E-state index in [9.17, 15) is 8.78 Å². The van der Waals surface area contributed by atoms with Crippen LogP contribution in [0.4, 0.5) is 8.78 Å². The lowest BCUT2D eigenvalue weighted by atomic mass is 10.1. The Balaban J connectivity index is 2.57. The number of halogens is 2. The first-order valence-electron chi connectivity index (χ1n) is 5.72. The molecule has 96 valence electrons. The minimum Gasteiger partial charge on any atom is -0.330 e. The van der Waals surface area contributed by atoms with Gasteiger partial charge in [0.15, 0.2) is 0 Å². The van der Waals surface area contributed by atoms with Gasteiger partial charge in [0.25, 0.3) is 0 Å². The molecule has 18 heavy (non-hydrogen) atoms. The van der Waals surface area contributed by atoms with Crippen molar-refractivity contribution in [1.82, 2.24) is 9.78 Å². The summed E-state index contributed by atoms with van der Waals surface area (Å²) in [7, 11) is 1.78. The highest BCUT2D eigenvalue weighted by Crippen LogP contribution is 2.27. The third-order valence-electron chi connectivity index (χ3n) is 2.99. The summed E-state index contributed by atoms with van der Waals surface area (Å²) in [5.74, 6) is -0.950. The van der Waals surface area contributed by atoms with E-state index in [-0.39, 0.29) is 5.56 Å². The van der Waals surface area contributed by atoms with E-state index in [2.05, 4.69) is 5.10 Å². The van der Waals surface area contributed by atoms with E-state index in [1.807, 2.05) is 6.92 Å². The Bertz CT molecular complexity index is 576. The van der Waals surface area contributed by atoms with E-state index < -0.39 is 11.6 Å². The smallest absolute Gasteiger partial charge is 0.132 e. The molecular weight excluding hydrogens is 236 g/mol. The van der Waals surface area contributed by atoms with Crippen LogP contribution in [0.3, 0.4) is 0 Å². The van der Waals surface area contributed by atoms with Crippen LogP contribution in [0.5, 0.6) is 0 Å². The lowest BCUT2D eigenvalue weighted by Crippen LogP contribution is -2.08. The van der Waals surface area contributed by atoms with Gasteiger partial charge in [0.1, 0.15) is 11.6 Å². The molecule has 2 aromatic rings. The zero-order valence-corrected chi connectivity index (χ0v) is 10.4. The summed E-state index contributed by atoms with van der Waals surface area (Å²) in [6.07, 6.45) is 0.659. The zero-order chi connectivity index (χ0) is 13.3. The molecule has 0 fully saturated rings. The summed E-state index contributed by atoms with van der Waals surface area (Å²) in [6.45, 7) is 2.34. The lowest BCUT2D eigenvalue weighted by molar-refractivity contribution is 0.602. The maximum Gasteiger partial charge on any atom is 0.132 e. The maximum absolute atomic E-state index is 13.7. The molecule has 1 heterocycles. The van der Waals surface area contributed by atoms with Gasteiger partial charge in [0.05, 0.1) is 5.69 Å². The maximum atomic E-state index is 13.7. The Morgan fingerprint density at radius 2 is 2.06 bits per heavy atom. The third kappa shape index (κ3) is 2.13. The molecule has 0 saturated heterocycles. The largest absolute Gasteiger partial charge is 0.330 e. The van der Waals surface area contributed by atoms with Crippen molar-refractivity contribution in [2.24, 2.45) is 12.8 Å². The highest BCUT2D eigenvalue weighted by atomic mass is 19.1. The molecule has 0 amide bonds. The van der Waals surface area contributed by atoms with Crippen molar-refractivity contribution in [3.8, 4) is 11.3 Å². The molecule has 2 N–H and O–H groups in total. The normalized spacial score (nSPS) is 10.9. The number of benzene rings is 1. The Labute approximate surface area is 104 Å². The van der Waals surface area contributed by atoms with Crippen molar-refractivity contribution < 1.29 is 8.78 Å². The van der Waals surface area contributed by atoms with E-state index in [0.29, 0.717) is 18.7 Å². The second kappa shape index (κ2) is 4.86. The molecule has 5 heteroatoms. The molecule has 1 aromatic carbocycles. The van der Waals surface area contributed by atoms with Crippen LogP contribution in [0, 0.1) is 18.6 Å². The van der Waals surface area contributed by atoms with Gasteiger partial charge in [-0.2, -0.15) is 5.10 Å². The summed E-state index contributed by atoms with van der Waals surface area (Å²) in [6, 6.07) is 3.37. The third-order valence-corrected chi connectivity index (χ3v) is 2.99. The molecule has 0 aliphatic heterocycles.